The standard InChI is InChI=1S/C42H66N2O7/c1-26-22-28(8-11-32(45)43-16-19-48-20-17-43)50-36-35(26)39(4)14-15-42-25-41(42)13-12-31(38(2,3)29(41)9-10-30(42)40(39,5)37(36)47)51-34-24-44(18-21-49-34)33(46)23-27-6-7-27/h26-31,34-37,47H,6-25H2,1-5H3/t26-,28?,29+,30?,31?,34+,35+,36?,37+,39-,40-,41-,42+/m1/s1. The van der Waals surface area contributed by atoms with E-state index in [1.165, 1.54) is 51.4 Å². The molecule has 6 aliphatic carbocycles. The van der Waals surface area contributed by atoms with Crippen molar-refractivity contribution in [2.24, 2.45) is 56.7 Å². The number of fused-ring (bicyclic) bond motifs is 4. The summed E-state index contributed by atoms with van der Waals surface area (Å²) >= 11 is 0. The summed E-state index contributed by atoms with van der Waals surface area (Å²) in [5, 5.41) is 12.6. The van der Waals surface area contributed by atoms with Crippen molar-refractivity contribution in [3.8, 4) is 0 Å². The molecule has 9 nitrogen and oxygen atoms in total. The Morgan fingerprint density at radius 3 is 2.35 bits per heavy atom. The molecule has 9 fully saturated rings. The number of morpholine rings is 2. The maximum absolute atomic E-state index is 13.0. The minimum Gasteiger partial charge on any atom is -0.390 e. The van der Waals surface area contributed by atoms with Crippen molar-refractivity contribution in [2.75, 3.05) is 46.0 Å². The topological polar surface area (TPSA) is 97.8 Å². The van der Waals surface area contributed by atoms with Crippen LogP contribution in [0, 0.1) is 56.7 Å². The second kappa shape index (κ2) is 12.4. The third kappa shape index (κ3) is 5.23. The number of aliphatic hydroxyl groups is 1. The average molecular weight is 711 g/mol. The fourth-order valence-corrected chi connectivity index (χ4v) is 14.9. The van der Waals surface area contributed by atoms with Gasteiger partial charge in [-0.15, -0.1) is 0 Å². The van der Waals surface area contributed by atoms with Crippen LogP contribution in [0.1, 0.15) is 118 Å². The fourth-order valence-electron chi connectivity index (χ4n) is 14.9. The number of hydrogen-bond acceptors (Lipinski definition) is 7. The molecule has 51 heavy (non-hydrogen) atoms. The van der Waals surface area contributed by atoms with Gasteiger partial charge in [0, 0.05) is 37.9 Å². The largest absolute Gasteiger partial charge is 0.390 e. The van der Waals surface area contributed by atoms with Crippen LogP contribution in [0.2, 0.25) is 0 Å². The molecule has 0 aromatic heterocycles. The molecule has 3 heterocycles. The molecular weight excluding hydrogens is 644 g/mol. The number of nitrogens with zero attached hydrogens (tertiary/aromatic N) is 2. The SMILES string of the molecule is C[C@@H]1CC(CCC(=O)N2CCOCC2)OC2[C@H]1[C@@]1(C)CC[C@@]34C[C@@]35CCC(O[C@H]3CN(C(=O)CC6CC6)CCO3)C(C)(C)[C@@H]5CCC4[C@]1(C)[C@H]2O. The third-order valence-electron chi connectivity index (χ3n) is 17.7. The highest BCUT2D eigenvalue weighted by Crippen LogP contribution is 2.89. The lowest BCUT2D eigenvalue weighted by Crippen LogP contribution is -2.60. The van der Waals surface area contributed by atoms with Gasteiger partial charge in [0.1, 0.15) is 0 Å². The Kier molecular flexibility index (Phi) is 8.60. The number of carbonyl (C=O) groups is 2. The summed E-state index contributed by atoms with van der Waals surface area (Å²) in [6, 6.07) is 0. The number of amides is 2. The molecule has 0 bridgehead atoms. The first-order valence-electron chi connectivity index (χ1n) is 21.1. The quantitative estimate of drug-likeness (QED) is 0.357. The van der Waals surface area contributed by atoms with E-state index in [9.17, 15) is 14.7 Å². The molecule has 3 saturated heterocycles. The van der Waals surface area contributed by atoms with Crippen molar-refractivity contribution in [1.82, 2.24) is 9.80 Å². The van der Waals surface area contributed by atoms with Gasteiger partial charge in [-0.3, -0.25) is 9.59 Å². The van der Waals surface area contributed by atoms with E-state index in [2.05, 4.69) is 34.6 Å². The molecule has 2 spiro atoms. The van der Waals surface area contributed by atoms with E-state index in [-0.39, 0.29) is 52.7 Å². The van der Waals surface area contributed by atoms with Crippen molar-refractivity contribution in [3.63, 3.8) is 0 Å². The Morgan fingerprint density at radius 1 is 0.863 bits per heavy atom. The van der Waals surface area contributed by atoms with Gasteiger partial charge in [0.25, 0.3) is 0 Å². The van der Waals surface area contributed by atoms with Gasteiger partial charge in [0.05, 0.1) is 50.8 Å². The molecular formula is C42H66N2O7. The van der Waals surface area contributed by atoms with Gasteiger partial charge in [-0.2, -0.15) is 0 Å². The van der Waals surface area contributed by atoms with Gasteiger partial charge in [-0.25, -0.2) is 0 Å². The van der Waals surface area contributed by atoms with Gasteiger partial charge >= 0.3 is 0 Å². The smallest absolute Gasteiger partial charge is 0.223 e. The summed E-state index contributed by atoms with van der Waals surface area (Å²) in [5.41, 5.74) is 0.483. The first kappa shape index (κ1) is 35.4. The van der Waals surface area contributed by atoms with E-state index in [1.807, 2.05) is 9.80 Å². The Balaban J connectivity index is 0.888. The summed E-state index contributed by atoms with van der Waals surface area (Å²) in [6.45, 7) is 16.7. The maximum atomic E-state index is 13.0. The van der Waals surface area contributed by atoms with E-state index in [0.29, 0.717) is 99.3 Å². The van der Waals surface area contributed by atoms with E-state index in [1.54, 1.807) is 0 Å². The molecule has 9 aliphatic rings. The molecule has 6 saturated carbocycles. The van der Waals surface area contributed by atoms with Crippen LogP contribution in [0.5, 0.6) is 0 Å². The zero-order chi connectivity index (χ0) is 35.6. The normalized spacial score (nSPS) is 50.0. The molecule has 13 atom stereocenters. The minimum absolute atomic E-state index is 0.0177. The molecule has 286 valence electrons. The fraction of sp³-hybridized carbons (Fsp3) is 0.952. The lowest BCUT2D eigenvalue weighted by Gasteiger charge is -2.64. The Bertz CT molecular complexity index is 1380. The highest BCUT2D eigenvalue weighted by Gasteiger charge is 2.84. The van der Waals surface area contributed by atoms with Crippen molar-refractivity contribution in [1.29, 1.82) is 0 Å². The molecule has 4 unspecified atom stereocenters. The monoisotopic (exact) mass is 710 g/mol. The number of carbonyl (C=O) groups excluding carboxylic acids is 2. The molecule has 0 radical (unpaired) electrons. The van der Waals surface area contributed by atoms with Crippen molar-refractivity contribution >= 4 is 11.8 Å². The Labute approximate surface area is 306 Å². The molecule has 0 aromatic carbocycles. The van der Waals surface area contributed by atoms with Crippen LogP contribution in [0.3, 0.4) is 0 Å². The van der Waals surface area contributed by atoms with E-state index in [4.69, 9.17) is 18.9 Å². The third-order valence-corrected chi connectivity index (χ3v) is 17.7. The zero-order valence-corrected chi connectivity index (χ0v) is 32.2. The molecule has 2 amide bonds. The molecule has 0 aromatic rings. The number of aliphatic hydroxyl groups excluding tert-OH is 1. The average Bonchev–Trinajstić information content (AvgIpc) is 4.04. The molecule has 9 heteroatoms. The van der Waals surface area contributed by atoms with Crippen molar-refractivity contribution in [2.45, 2.75) is 149 Å². The van der Waals surface area contributed by atoms with Crippen LogP contribution in [0.15, 0.2) is 0 Å². The summed E-state index contributed by atoms with van der Waals surface area (Å²) < 4.78 is 25.4. The van der Waals surface area contributed by atoms with Crippen LogP contribution in [0.25, 0.3) is 0 Å². The van der Waals surface area contributed by atoms with Crippen LogP contribution >= 0.6 is 0 Å². The first-order valence-corrected chi connectivity index (χ1v) is 21.1. The van der Waals surface area contributed by atoms with Gasteiger partial charge in [-0.1, -0.05) is 34.6 Å². The number of rotatable bonds is 7. The summed E-state index contributed by atoms with van der Waals surface area (Å²) in [7, 11) is 0. The van der Waals surface area contributed by atoms with Crippen LogP contribution < -0.4 is 0 Å². The Morgan fingerprint density at radius 2 is 1.59 bits per heavy atom. The highest BCUT2D eigenvalue weighted by atomic mass is 16.7. The van der Waals surface area contributed by atoms with Crippen LogP contribution in [-0.2, 0) is 28.5 Å². The summed E-state index contributed by atoms with van der Waals surface area (Å²) in [4.78, 5) is 29.9. The minimum atomic E-state index is -0.481. The second-order valence-corrected chi connectivity index (χ2v) is 20.1. The highest BCUT2D eigenvalue weighted by molar-refractivity contribution is 5.77. The van der Waals surface area contributed by atoms with Gasteiger partial charge in [-0.05, 0) is 122 Å². The molecule has 3 aliphatic heterocycles. The lowest BCUT2D eigenvalue weighted by atomic mass is 9.41. The molecule has 1 N–H and O–H groups in total. The van der Waals surface area contributed by atoms with Gasteiger partial charge in [0.2, 0.25) is 11.8 Å². The number of hydrogen-bond donors (Lipinski definition) is 1. The molecule has 9 rings (SSSR count). The van der Waals surface area contributed by atoms with E-state index >= 15 is 0 Å². The Hall–Kier alpha value is -1.26. The van der Waals surface area contributed by atoms with Crippen molar-refractivity contribution in [3.05, 3.63) is 0 Å². The van der Waals surface area contributed by atoms with E-state index in [0.717, 1.165) is 19.3 Å². The lowest BCUT2D eigenvalue weighted by molar-refractivity contribution is -0.248. The zero-order valence-electron chi connectivity index (χ0n) is 32.2. The van der Waals surface area contributed by atoms with Gasteiger partial charge in [0.15, 0.2) is 6.29 Å². The van der Waals surface area contributed by atoms with Crippen LogP contribution in [-0.4, -0.2) is 103 Å². The first-order chi connectivity index (χ1) is 24.3. The van der Waals surface area contributed by atoms with E-state index < -0.39 is 6.10 Å². The van der Waals surface area contributed by atoms with Crippen molar-refractivity contribution < 1.29 is 33.6 Å². The predicted molar refractivity (Wildman–Crippen MR) is 191 cm³/mol. The number of ether oxygens (including phenoxy) is 4. The summed E-state index contributed by atoms with van der Waals surface area (Å²) in [6.07, 6.45) is 12.8. The second-order valence-electron chi connectivity index (χ2n) is 20.1. The summed E-state index contributed by atoms with van der Waals surface area (Å²) in [5.74, 6) is 2.98. The maximum Gasteiger partial charge on any atom is 0.223 e. The van der Waals surface area contributed by atoms with Gasteiger partial charge < -0.3 is 33.9 Å². The predicted octanol–water partition coefficient (Wildman–Crippen LogP) is 5.81. The van der Waals surface area contributed by atoms with Crippen LogP contribution in [0.4, 0.5) is 0 Å².